The number of nitrogens with one attached hydrogen (secondary N) is 1. The van der Waals surface area contributed by atoms with Crippen molar-refractivity contribution in [3.8, 4) is 5.75 Å². The predicted octanol–water partition coefficient (Wildman–Crippen LogP) is 2.79. The van der Waals surface area contributed by atoms with Crippen molar-refractivity contribution in [2.75, 3.05) is 25.5 Å². The van der Waals surface area contributed by atoms with Gasteiger partial charge < -0.3 is 24.3 Å². The maximum Gasteiger partial charge on any atom is 0.255 e. The zero-order valence-corrected chi connectivity index (χ0v) is 18.3. The van der Waals surface area contributed by atoms with Crippen molar-refractivity contribution in [2.24, 2.45) is 5.92 Å². The molecule has 31 heavy (non-hydrogen) atoms. The number of hydrogen-bond acceptors (Lipinski definition) is 5. The van der Waals surface area contributed by atoms with Crippen molar-refractivity contribution in [2.45, 2.75) is 51.4 Å². The summed E-state index contributed by atoms with van der Waals surface area (Å²) in [5.74, 6) is 1.82. The molecule has 1 spiro atoms. The van der Waals surface area contributed by atoms with Gasteiger partial charge in [0.2, 0.25) is 5.91 Å². The van der Waals surface area contributed by atoms with E-state index in [4.69, 9.17) is 9.47 Å². The molecule has 1 atom stereocenters. The van der Waals surface area contributed by atoms with E-state index in [1.807, 2.05) is 33.9 Å². The normalized spacial score (nSPS) is 19.9. The first-order valence-electron chi connectivity index (χ1n) is 10.8. The van der Waals surface area contributed by atoms with Gasteiger partial charge in [-0.1, -0.05) is 19.9 Å². The van der Waals surface area contributed by atoms with E-state index in [0.29, 0.717) is 56.3 Å². The van der Waals surface area contributed by atoms with E-state index in [9.17, 15) is 9.59 Å². The van der Waals surface area contributed by atoms with Crippen LogP contribution in [-0.4, -0.2) is 52.6 Å². The van der Waals surface area contributed by atoms with E-state index in [-0.39, 0.29) is 11.8 Å². The third kappa shape index (κ3) is 4.44. The van der Waals surface area contributed by atoms with Gasteiger partial charge in [-0.2, -0.15) is 0 Å². The fourth-order valence-corrected chi connectivity index (χ4v) is 4.39. The van der Waals surface area contributed by atoms with Gasteiger partial charge >= 0.3 is 0 Å². The second kappa shape index (κ2) is 8.70. The maximum absolute atomic E-state index is 13.0. The molecule has 3 heterocycles. The van der Waals surface area contributed by atoms with E-state index in [0.717, 1.165) is 5.82 Å². The quantitative estimate of drug-likeness (QED) is 0.795. The Balaban J connectivity index is 1.48. The zero-order valence-electron chi connectivity index (χ0n) is 18.3. The van der Waals surface area contributed by atoms with E-state index in [1.54, 1.807) is 19.4 Å². The van der Waals surface area contributed by atoms with Gasteiger partial charge in [-0.25, -0.2) is 4.98 Å². The number of methoxy groups -OCH3 is 1. The largest absolute Gasteiger partial charge is 0.497 e. The molecule has 0 bridgehead atoms. The number of nitrogens with zero attached hydrogens (tertiary/aromatic N) is 3. The van der Waals surface area contributed by atoms with Gasteiger partial charge in [-0.15, -0.1) is 0 Å². The molecule has 166 valence electrons. The molecule has 1 N–H and O–H groups in total. The number of benzene rings is 1. The summed E-state index contributed by atoms with van der Waals surface area (Å²) in [4.78, 5) is 32.0. The number of likely N-dealkylation sites (tertiary alicyclic amines) is 1. The van der Waals surface area contributed by atoms with E-state index < -0.39 is 11.7 Å². The fraction of sp³-hybridized carbons (Fsp3) is 0.522. The lowest BCUT2D eigenvalue weighted by molar-refractivity contribution is -0.172. The van der Waals surface area contributed by atoms with Gasteiger partial charge in [0.1, 0.15) is 17.2 Å². The van der Waals surface area contributed by atoms with Crippen LogP contribution in [0.4, 0.5) is 5.69 Å². The van der Waals surface area contributed by atoms with Crippen LogP contribution in [0, 0.1) is 5.92 Å². The smallest absolute Gasteiger partial charge is 0.255 e. The van der Waals surface area contributed by atoms with Gasteiger partial charge in [0.15, 0.2) is 6.10 Å². The lowest BCUT2D eigenvalue weighted by Gasteiger charge is -2.45. The maximum atomic E-state index is 13.0. The van der Waals surface area contributed by atoms with Crippen LogP contribution >= 0.6 is 0 Å². The minimum absolute atomic E-state index is 0.177. The number of fused-ring (bicyclic) bond motifs is 2. The highest BCUT2D eigenvalue weighted by molar-refractivity contribution is 5.94. The van der Waals surface area contributed by atoms with Gasteiger partial charge in [0.25, 0.3) is 5.91 Å². The summed E-state index contributed by atoms with van der Waals surface area (Å²) in [6, 6.07) is 7.25. The highest BCUT2D eigenvalue weighted by Crippen LogP contribution is 2.40. The number of ether oxygens (including phenoxy) is 2. The van der Waals surface area contributed by atoms with Crippen LogP contribution in [-0.2, 0) is 26.5 Å². The van der Waals surface area contributed by atoms with Crippen LogP contribution in [0.25, 0.3) is 0 Å². The number of aromatic nitrogens is 2. The lowest BCUT2D eigenvalue weighted by atomic mass is 9.88. The molecule has 2 aromatic rings. The van der Waals surface area contributed by atoms with Gasteiger partial charge in [-0.05, 0) is 18.1 Å². The molecule has 2 amide bonds. The minimum atomic E-state index is -0.660. The standard InChI is InChI=1S/C23H30N4O4/c1-16(2)13-20(28)26-10-7-23(8-11-26)22-24-9-12-27(22)15-19(31-23)21(29)25-17-5-4-6-18(14-17)30-3/h4-6,9,12,14,16,19H,7-8,10-11,13,15H2,1-3H3,(H,25,29)/t19-/m0/s1. The molecule has 0 saturated carbocycles. The summed E-state index contributed by atoms with van der Waals surface area (Å²) in [6.45, 7) is 5.71. The molecule has 4 rings (SSSR count). The number of anilines is 1. The lowest BCUT2D eigenvalue weighted by Crippen LogP contribution is -2.54. The van der Waals surface area contributed by atoms with Crippen molar-refractivity contribution in [3.05, 3.63) is 42.5 Å². The van der Waals surface area contributed by atoms with Crippen LogP contribution in [0.3, 0.4) is 0 Å². The van der Waals surface area contributed by atoms with E-state index in [1.165, 1.54) is 0 Å². The van der Waals surface area contributed by atoms with Crippen molar-refractivity contribution < 1.29 is 19.1 Å². The van der Waals surface area contributed by atoms with Gasteiger partial charge in [-0.3, -0.25) is 9.59 Å². The summed E-state index contributed by atoms with van der Waals surface area (Å²) >= 11 is 0. The highest BCUT2D eigenvalue weighted by Gasteiger charge is 2.47. The number of imidazole rings is 1. The molecule has 1 fully saturated rings. The Bertz CT molecular complexity index is 947. The molecule has 0 radical (unpaired) electrons. The number of hydrogen-bond donors (Lipinski definition) is 1. The second-order valence-corrected chi connectivity index (χ2v) is 8.70. The van der Waals surface area contributed by atoms with Crippen LogP contribution in [0.1, 0.15) is 38.9 Å². The first-order valence-corrected chi connectivity index (χ1v) is 10.8. The molecule has 8 heteroatoms. The molecule has 0 aliphatic carbocycles. The van der Waals surface area contributed by atoms with Crippen LogP contribution < -0.4 is 10.1 Å². The Morgan fingerprint density at radius 3 is 2.81 bits per heavy atom. The Hall–Kier alpha value is -2.87. The molecule has 1 saturated heterocycles. The monoisotopic (exact) mass is 426 g/mol. The summed E-state index contributed by atoms with van der Waals surface area (Å²) in [5, 5.41) is 2.94. The van der Waals surface area contributed by atoms with Crippen molar-refractivity contribution in [1.82, 2.24) is 14.5 Å². The number of amides is 2. The van der Waals surface area contributed by atoms with E-state index in [2.05, 4.69) is 24.1 Å². The number of piperidine rings is 1. The first-order chi connectivity index (χ1) is 14.9. The summed E-state index contributed by atoms with van der Waals surface area (Å²) in [6.07, 6.45) is 4.79. The first kappa shape index (κ1) is 21.4. The van der Waals surface area contributed by atoms with Crippen LogP contribution in [0.15, 0.2) is 36.7 Å². The average Bonchev–Trinajstić information content (AvgIpc) is 3.23. The average molecular weight is 427 g/mol. The molecule has 1 aromatic carbocycles. The third-order valence-electron chi connectivity index (χ3n) is 5.99. The molecule has 2 aliphatic rings. The number of carbonyl (C=O) groups is 2. The van der Waals surface area contributed by atoms with E-state index >= 15 is 0 Å². The van der Waals surface area contributed by atoms with Gasteiger partial charge in [0.05, 0.1) is 13.7 Å². The zero-order chi connectivity index (χ0) is 22.0. The Morgan fingerprint density at radius 1 is 1.32 bits per heavy atom. The Morgan fingerprint density at radius 2 is 2.10 bits per heavy atom. The number of carbonyl (C=O) groups excluding carboxylic acids is 2. The predicted molar refractivity (Wildman–Crippen MR) is 116 cm³/mol. The van der Waals surface area contributed by atoms with Crippen molar-refractivity contribution in [3.63, 3.8) is 0 Å². The van der Waals surface area contributed by atoms with Crippen LogP contribution in [0.5, 0.6) is 5.75 Å². The highest BCUT2D eigenvalue weighted by atomic mass is 16.5. The summed E-state index contributed by atoms with van der Waals surface area (Å²) in [7, 11) is 1.59. The van der Waals surface area contributed by atoms with Crippen molar-refractivity contribution >= 4 is 17.5 Å². The molecular formula is C23H30N4O4. The SMILES string of the molecule is COc1cccc(NC(=O)[C@@H]2Cn3ccnc3C3(CCN(C(=O)CC(C)C)CC3)O2)c1. The number of rotatable bonds is 5. The Kier molecular flexibility index (Phi) is 6.00. The molecule has 1 aromatic heterocycles. The topological polar surface area (TPSA) is 85.7 Å². The van der Waals surface area contributed by atoms with Crippen LogP contribution in [0.2, 0.25) is 0 Å². The fourth-order valence-electron chi connectivity index (χ4n) is 4.39. The second-order valence-electron chi connectivity index (χ2n) is 8.70. The van der Waals surface area contributed by atoms with Crippen molar-refractivity contribution in [1.29, 1.82) is 0 Å². The molecule has 8 nitrogen and oxygen atoms in total. The minimum Gasteiger partial charge on any atom is -0.497 e. The third-order valence-corrected chi connectivity index (χ3v) is 5.99. The van der Waals surface area contributed by atoms with Gasteiger partial charge in [0, 0.05) is 56.5 Å². The summed E-state index contributed by atoms with van der Waals surface area (Å²) < 4.78 is 13.7. The molecular weight excluding hydrogens is 396 g/mol. The Labute approximate surface area is 182 Å². The summed E-state index contributed by atoms with van der Waals surface area (Å²) in [5.41, 5.74) is -0.000225. The molecule has 2 aliphatic heterocycles. The molecule has 0 unspecified atom stereocenters.